The van der Waals surface area contributed by atoms with Crippen molar-refractivity contribution in [2.24, 2.45) is 11.7 Å². The Hall–Kier alpha value is -0.480. The molecule has 0 saturated heterocycles. The van der Waals surface area contributed by atoms with Gasteiger partial charge >= 0.3 is 5.97 Å². The van der Waals surface area contributed by atoms with Gasteiger partial charge in [0.2, 0.25) is 0 Å². The molecule has 2 N–H and O–H groups in total. The number of rotatable bonds is 7. The Kier molecular flexibility index (Phi) is 8.78. The van der Waals surface area contributed by atoms with Crippen molar-refractivity contribution in [1.29, 1.82) is 0 Å². The maximum Gasteiger partial charge on any atom is 0.330 e. The second-order valence-corrected chi connectivity index (χ2v) is 4.11. The molecule has 0 rings (SSSR count). The summed E-state index contributed by atoms with van der Waals surface area (Å²) in [7, 11) is 0. The fourth-order valence-corrected chi connectivity index (χ4v) is 1.65. The molecule has 0 amide bonds. The lowest BCUT2D eigenvalue weighted by Gasteiger charge is -2.05. The van der Waals surface area contributed by atoms with Crippen molar-refractivity contribution in [3.63, 3.8) is 0 Å². The Morgan fingerprint density at radius 1 is 1.64 bits per heavy atom. The molecule has 0 aromatic rings. The summed E-state index contributed by atoms with van der Waals surface area (Å²) in [6.07, 6.45) is 3.30. The van der Waals surface area contributed by atoms with E-state index in [0.717, 1.165) is 11.5 Å². The molecule has 1 atom stereocenters. The molecule has 3 nitrogen and oxygen atoms in total. The standard InChI is InChI=1S/C10H19NO2S/c1-3-13-10(12)5-4-6-14-8-9(2)7-11/h4-5,9H,3,6-8,11H2,1-2H3/b5-4+. The van der Waals surface area contributed by atoms with Crippen LogP contribution in [0.1, 0.15) is 13.8 Å². The molecule has 4 heteroatoms. The molecule has 1 unspecified atom stereocenters. The van der Waals surface area contributed by atoms with Crippen LogP contribution in [0.3, 0.4) is 0 Å². The van der Waals surface area contributed by atoms with Crippen molar-refractivity contribution < 1.29 is 9.53 Å². The Bertz CT molecular complexity index is 183. The van der Waals surface area contributed by atoms with Crippen molar-refractivity contribution in [2.75, 3.05) is 24.7 Å². The van der Waals surface area contributed by atoms with Crippen molar-refractivity contribution in [3.8, 4) is 0 Å². The van der Waals surface area contributed by atoms with Gasteiger partial charge in [0.1, 0.15) is 0 Å². The first-order valence-corrected chi connectivity index (χ1v) is 5.97. The highest BCUT2D eigenvalue weighted by molar-refractivity contribution is 7.99. The summed E-state index contributed by atoms with van der Waals surface area (Å²) in [5.74, 6) is 2.14. The van der Waals surface area contributed by atoms with Gasteiger partial charge in [-0.1, -0.05) is 13.0 Å². The molecular formula is C10H19NO2S. The second-order valence-electron chi connectivity index (χ2n) is 3.03. The zero-order valence-corrected chi connectivity index (χ0v) is 9.68. The number of carbonyl (C=O) groups is 1. The van der Waals surface area contributed by atoms with E-state index in [1.807, 2.05) is 6.08 Å². The predicted octanol–water partition coefficient (Wildman–Crippen LogP) is 1.43. The van der Waals surface area contributed by atoms with E-state index in [0.29, 0.717) is 19.1 Å². The first-order valence-electron chi connectivity index (χ1n) is 4.81. The SMILES string of the molecule is CCOC(=O)/C=C/CSCC(C)CN. The third kappa shape index (κ3) is 8.13. The quantitative estimate of drug-likeness (QED) is 0.398. The van der Waals surface area contributed by atoms with Gasteiger partial charge in [0.25, 0.3) is 0 Å². The highest BCUT2D eigenvalue weighted by Gasteiger charge is 1.97. The Morgan fingerprint density at radius 3 is 2.93 bits per heavy atom. The molecule has 0 aromatic heterocycles. The molecule has 0 fully saturated rings. The van der Waals surface area contributed by atoms with E-state index in [2.05, 4.69) is 6.92 Å². The van der Waals surface area contributed by atoms with Crippen LogP contribution in [0.15, 0.2) is 12.2 Å². The molecule has 0 aliphatic carbocycles. The summed E-state index contributed by atoms with van der Waals surface area (Å²) in [5.41, 5.74) is 5.47. The van der Waals surface area contributed by atoms with Crippen molar-refractivity contribution in [2.45, 2.75) is 13.8 Å². The second kappa shape index (κ2) is 9.09. The number of thioether (sulfide) groups is 1. The van der Waals surface area contributed by atoms with Gasteiger partial charge in [0.05, 0.1) is 6.61 Å². The summed E-state index contributed by atoms with van der Waals surface area (Å²) in [5, 5.41) is 0. The summed E-state index contributed by atoms with van der Waals surface area (Å²) in [6, 6.07) is 0. The molecule has 0 radical (unpaired) electrons. The fraction of sp³-hybridized carbons (Fsp3) is 0.700. The van der Waals surface area contributed by atoms with Crippen LogP contribution < -0.4 is 5.73 Å². The van der Waals surface area contributed by atoms with Crippen molar-refractivity contribution in [3.05, 3.63) is 12.2 Å². The highest BCUT2D eigenvalue weighted by Crippen LogP contribution is 2.06. The van der Waals surface area contributed by atoms with E-state index in [1.165, 1.54) is 6.08 Å². The van der Waals surface area contributed by atoms with Crippen molar-refractivity contribution >= 4 is 17.7 Å². The van der Waals surface area contributed by atoms with Gasteiger partial charge in [0.15, 0.2) is 0 Å². The fourth-order valence-electron chi connectivity index (χ4n) is 0.740. The van der Waals surface area contributed by atoms with E-state index >= 15 is 0 Å². The van der Waals surface area contributed by atoms with E-state index < -0.39 is 0 Å². The van der Waals surface area contributed by atoms with Gasteiger partial charge < -0.3 is 10.5 Å². The maximum absolute atomic E-state index is 10.9. The van der Waals surface area contributed by atoms with Crippen LogP contribution >= 0.6 is 11.8 Å². The molecule has 0 saturated carbocycles. The number of carbonyl (C=O) groups excluding carboxylic acids is 1. The van der Waals surface area contributed by atoms with Gasteiger partial charge in [-0.05, 0) is 25.1 Å². The first kappa shape index (κ1) is 13.5. The number of nitrogens with two attached hydrogens (primary N) is 1. The van der Waals surface area contributed by atoms with E-state index in [-0.39, 0.29) is 5.97 Å². The summed E-state index contributed by atoms with van der Waals surface area (Å²) >= 11 is 1.77. The molecule has 0 spiro atoms. The van der Waals surface area contributed by atoms with Gasteiger partial charge in [-0.15, -0.1) is 0 Å². The zero-order chi connectivity index (χ0) is 10.8. The largest absolute Gasteiger partial charge is 0.463 e. The van der Waals surface area contributed by atoms with E-state index in [9.17, 15) is 4.79 Å². The molecular weight excluding hydrogens is 198 g/mol. The molecule has 0 bridgehead atoms. The summed E-state index contributed by atoms with van der Waals surface area (Å²) in [6.45, 7) is 5.06. The maximum atomic E-state index is 10.9. The minimum absolute atomic E-state index is 0.264. The first-order chi connectivity index (χ1) is 6.70. The average molecular weight is 217 g/mol. The lowest BCUT2D eigenvalue weighted by Crippen LogP contribution is -2.12. The van der Waals surface area contributed by atoms with Crippen LogP contribution in [0.5, 0.6) is 0 Å². The smallest absolute Gasteiger partial charge is 0.330 e. The Morgan fingerprint density at radius 2 is 2.36 bits per heavy atom. The molecule has 82 valence electrons. The zero-order valence-electron chi connectivity index (χ0n) is 8.86. The van der Waals surface area contributed by atoms with Crippen molar-refractivity contribution in [1.82, 2.24) is 0 Å². The van der Waals surface area contributed by atoms with E-state index in [1.54, 1.807) is 18.7 Å². The topological polar surface area (TPSA) is 52.3 Å². The van der Waals surface area contributed by atoms with Gasteiger partial charge in [0, 0.05) is 11.8 Å². The predicted molar refractivity (Wildman–Crippen MR) is 61.3 cm³/mol. The third-order valence-corrected chi connectivity index (χ3v) is 2.79. The monoisotopic (exact) mass is 217 g/mol. The number of hydrogen-bond acceptors (Lipinski definition) is 4. The van der Waals surface area contributed by atoms with Crippen LogP contribution in [0.4, 0.5) is 0 Å². The van der Waals surface area contributed by atoms with Crippen LogP contribution in [0, 0.1) is 5.92 Å². The molecule has 0 aliphatic heterocycles. The van der Waals surface area contributed by atoms with Crippen LogP contribution in [0.25, 0.3) is 0 Å². The minimum atomic E-state index is -0.264. The van der Waals surface area contributed by atoms with Crippen LogP contribution in [0.2, 0.25) is 0 Å². The molecule has 0 aliphatic rings. The number of hydrogen-bond donors (Lipinski definition) is 1. The van der Waals surface area contributed by atoms with Crippen LogP contribution in [-0.4, -0.2) is 30.6 Å². The average Bonchev–Trinajstić information content (AvgIpc) is 2.17. The van der Waals surface area contributed by atoms with Gasteiger partial charge in [-0.2, -0.15) is 11.8 Å². The highest BCUT2D eigenvalue weighted by atomic mass is 32.2. The summed E-state index contributed by atoms with van der Waals surface area (Å²) in [4.78, 5) is 10.9. The molecule has 0 aromatic carbocycles. The lowest BCUT2D eigenvalue weighted by atomic mass is 10.2. The Balaban J connectivity index is 3.39. The normalized spacial score (nSPS) is 13.1. The number of ether oxygens (including phenoxy) is 1. The van der Waals surface area contributed by atoms with Gasteiger partial charge in [-0.3, -0.25) is 0 Å². The van der Waals surface area contributed by atoms with Crippen LogP contribution in [-0.2, 0) is 9.53 Å². The third-order valence-electron chi connectivity index (χ3n) is 1.56. The molecule has 0 heterocycles. The van der Waals surface area contributed by atoms with Gasteiger partial charge in [-0.25, -0.2) is 4.79 Å². The number of esters is 1. The Labute approximate surface area is 90.1 Å². The lowest BCUT2D eigenvalue weighted by molar-refractivity contribution is -0.137. The molecule has 14 heavy (non-hydrogen) atoms. The summed E-state index contributed by atoms with van der Waals surface area (Å²) < 4.78 is 4.74. The van der Waals surface area contributed by atoms with E-state index in [4.69, 9.17) is 10.5 Å². The minimum Gasteiger partial charge on any atom is -0.463 e.